The molecule has 2 N–H and O–H groups in total. The van der Waals surface area contributed by atoms with Crippen LogP contribution in [-0.4, -0.2) is 24.1 Å². The first-order chi connectivity index (χ1) is 9.06. The number of thioether (sulfide) groups is 1. The van der Waals surface area contributed by atoms with E-state index in [2.05, 4.69) is 10.6 Å². The van der Waals surface area contributed by atoms with Gasteiger partial charge in [-0.2, -0.15) is 0 Å². The summed E-state index contributed by atoms with van der Waals surface area (Å²) in [5.41, 5.74) is 0.753. The minimum atomic E-state index is -0.472. The predicted octanol–water partition coefficient (Wildman–Crippen LogP) is 2.65. The number of hydrogen-bond donors (Lipinski definition) is 2. The quantitative estimate of drug-likeness (QED) is 0.788. The number of hydrogen-bond acceptors (Lipinski definition) is 3. The molecule has 1 unspecified atom stereocenters. The lowest BCUT2D eigenvalue weighted by Gasteiger charge is -2.17. The second-order valence-electron chi connectivity index (χ2n) is 4.26. The average Bonchev–Trinajstić information content (AvgIpc) is 2.38. The van der Waals surface area contributed by atoms with Gasteiger partial charge in [0.05, 0.1) is 0 Å². The lowest BCUT2D eigenvalue weighted by molar-refractivity contribution is -0.125. The Hall–Kier alpha value is -1.49. The van der Waals surface area contributed by atoms with Crippen LogP contribution in [-0.2, 0) is 9.59 Å². The molecule has 0 aliphatic heterocycles. The molecule has 0 saturated carbocycles. The molecule has 0 bridgehead atoms. The molecule has 0 saturated heterocycles. The Kier molecular flexibility index (Phi) is 6.42. The van der Waals surface area contributed by atoms with Crippen LogP contribution in [0.25, 0.3) is 0 Å². The molecule has 4 nitrogen and oxygen atoms in total. The minimum absolute atomic E-state index is 0.171. The maximum atomic E-state index is 12.1. The predicted molar refractivity (Wildman–Crippen MR) is 79.4 cm³/mol. The highest BCUT2D eigenvalue weighted by molar-refractivity contribution is 7.98. The van der Waals surface area contributed by atoms with Crippen molar-refractivity contribution in [3.8, 4) is 0 Å². The van der Waals surface area contributed by atoms with Crippen LogP contribution in [0, 0.1) is 0 Å². The number of anilines is 1. The molecular formula is C14H20N2O2S. The van der Waals surface area contributed by atoms with Crippen molar-refractivity contribution in [3.05, 3.63) is 24.3 Å². The van der Waals surface area contributed by atoms with Crippen molar-refractivity contribution in [1.82, 2.24) is 5.32 Å². The number of nitrogens with one attached hydrogen (secondary N) is 2. The Morgan fingerprint density at radius 2 is 2.11 bits per heavy atom. The number of amides is 2. The fraction of sp³-hybridized carbons (Fsp3) is 0.429. The lowest BCUT2D eigenvalue weighted by Crippen LogP contribution is -2.42. The van der Waals surface area contributed by atoms with Crippen LogP contribution in [0.1, 0.15) is 26.7 Å². The zero-order valence-corrected chi connectivity index (χ0v) is 12.3. The van der Waals surface area contributed by atoms with Crippen LogP contribution < -0.4 is 10.6 Å². The van der Waals surface area contributed by atoms with Crippen molar-refractivity contribution in [2.75, 3.05) is 11.6 Å². The number of carbonyl (C=O) groups is 2. The van der Waals surface area contributed by atoms with E-state index in [1.807, 2.05) is 37.4 Å². The molecule has 0 aliphatic rings. The Morgan fingerprint density at radius 1 is 1.37 bits per heavy atom. The number of rotatable bonds is 6. The maximum Gasteiger partial charge on any atom is 0.246 e. The van der Waals surface area contributed by atoms with Crippen LogP contribution in [0.2, 0.25) is 0 Å². The van der Waals surface area contributed by atoms with Crippen LogP contribution in [0.5, 0.6) is 0 Å². The molecule has 1 aromatic carbocycles. The van der Waals surface area contributed by atoms with Crippen molar-refractivity contribution >= 4 is 29.3 Å². The van der Waals surface area contributed by atoms with Gasteiger partial charge >= 0.3 is 0 Å². The van der Waals surface area contributed by atoms with Gasteiger partial charge in [-0.3, -0.25) is 9.59 Å². The smallest absolute Gasteiger partial charge is 0.246 e. The number of benzene rings is 1. The van der Waals surface area contributed by atoms with Gasteiger partial charge in [-0.05, 0) is 30.9 Å². The largest absolute Gasteiger partial charge is 0.345 e. The van der Waals surface area contributed by atoms with Crippen LogP contribution in [0.3, 0.4) is 0 Å². The van der Waals surface area contributed by atoms with Gasteiger partial charge in [0.25, 0.3) is 0 Å². The van der Waals surface area contributed by atoms with Gasteiger partial charge in [0.1, 0.15) is 6.04 Å². The molecule has 0 aliphatic carbocycles. The first-order valence-corrected chi connectivity index (χ1v) is 7.51. The number of carbonyl (C=O) groups excluding carboxylic acids is 2. The third-order valence-electron chi connectivity index (χ3n) is 2.61. The van der Waals surface area contributed by atoms with E-state index in [1.54, 1.807) is 11.8 Å². The molecule has 0 aromatic heterocycles. The Bertz CT molecular complexity index is 449. The zero-order chi connectivity index (χ0) is 14.3. The minimum Gasteiger partial charge on any atom is -0.345 e. The highest BCUT2D eigenvalue weighted by Crippen LogP contribution is 2.19. The van der Waals surface area contributed by atoms with Crippen LogP contribution in [0.15, 0.2) is 29.2 Å². The average molecular weight is 280 g/mol. The first-order valence-electron chi connectivity index (χ1n) is 6.28. The van der Waals surface area contributed by atoms with Gasteiger partial charge in [-0.25, -0.2) is 0 Å². The summed E-state index contributed by atoms with van der Waals surface area (Å²) < 4.78 is 0. The van der Waals surface area contributed by atoms with Crippen LogP contribution >= 0.6 is 11.8 Å². The van der Waals surface area contributed by atoms with Crippen molar-refractivity contribution in [1.29, 1.82) is 0 Å². The summed E-state index contributed by atoms with van der Waals surface area (Å²) in [6.45, 7) is 3.40. The summed E-state index contributed by atoms with van der Waals surface area (Å²) in [4.78, 5) is 24.3. The van der Waals surface area contributed by atoms with E-state index in [-0.39, 0.29) is 11.8 Å². The second-order valence-corrected chi connectivity index (χ2v) is 5.14. The molecule has 2 amide bonds. The summed E-state index contributed by atoms with van der Waals surface area (Å²) in [6.07, 6.45) is 3.45. The molecule has 0 fully saturated rings. The summed E-state index contributed by atoms with van der Waals surface area (Å²) >= 11 is 1.62. The summed E-state index contributed by atoms with van der Waals surface area (Å²) in [6, 6.07) is 7.17. The van der Waals surface area contributed by atoms with Gasteiger partial charge in [0.15, 0.2) is 0 Å². The highest BCUT2D eigenvalue weighted by Gasteiger charge is 2.18. The van der Waals surface area contributed by atoms with E-state index in [1.165, 1.54) is 6.92 Å². The van der Waals surface area contributed by atoms with Gasteiger partial charge in [0.2, 0.25) is 11.8 Å². The molecule has 0 heterocycles. The molecular weight excluding hydrogens is 260 g/mol. The monoisotopic (exact) mass is 280 g/mol. The van der Waals surface area contributed by atoms with E-state index in [0.717, 1.165) is 17.0 Å². The molecule has 0 radical (unpaired) electrons. The van der Waals surface area contributed by atoms with Gasteiger partial charge in [-0.15, -0.1) is 11.8 Å². The van der Waals surface area contributed by atoms with Crippen molar-refractivity contribution < 1.29 is 9.59 Å². The van der Waals surface area contributed by atoms with E-state index in [9.17, 15) is 9.59 Å². The van der Waals surface area contributed by atoms with Gasteiger partial charge in [0, 0.05) is 17.5 Å². The molecule has 1 rings (SSSR count). The third-order valence-corrected chi connectivity index (χ3v) is 3.33. The maximum absolute atomic E-state index is 12.1. The van der Waals surface area contributed by atoms with E-state index < -0.39 is 6.04 Å². The summed E-state index contributed by atoms with van der Waals surface area (Å²) in [5, 5.41) is 5.51. The standard InChI is InChI=1S/C14H20N2O2S/c1-4-6-13(15-10(2)17)14(18)16-11-7-5-8-12(9-11)19-3/h5,7-9,13H,4,6H2,1-3H3,(H,15,17)(H,16,18). The fourth-order valence-corrected chi connectivity index (χ4v) is 2.19. The molecule has 19 heavy (non-hydrogen) atoms. The Morgan fingerprint density at radius 3 is 2.68 bits per heavy atom. The van der Waals surface area contributed by atoms with Gasteiger partial charge < -0.3 is 10.6 Å². The molecule has 104 valence electrons. The topological polar surface area (TPSA) is 58.2 Å². The Balaban J connectivity index is 2.71. The zero-order valence-electron chi connectivity index (χ0n) is 11.5. The molecule has 5 heteroatoms. The second kappa shape index (κ2) is 7.84. The molecule has 0 spiro atoms. The first kappa shape index (κ1) is 15.6. The Labute approximate surface area is 118 Å². The third kappa shape index (κ3) is 5.34. The summed E-state index contributed by atoms with van der Waals surface area (Å²) in [5.74, 6) is -0.359. The normalized spacial score (nSPS) is 11.7. The van der Waals surface area contributed by atoms with Crippen LogP contribution in [0.4, 0.5) is 5.69 Å². The van der Waals surface area contributed by atoms with E-state index in [4.69, 9.17) is 0 Å². The van der Waals surface area contributed by atoms with E-state index in [0.29, 0.717) is 6.42 Å². The lowest BCUT2D eigenvalue weighted by atomic mass is 10.1. The SMILES string of the molecule is CCCC(NC(C)=O)C(=O)Nc1cccc(SC)c1. The van der Waals surface area contributed by atoms with Gasteiger partial charge in [-0.1, -0.05) is 19.4 Å². The van der Waals surface area contributed by atoms with Crippen molar-refractivity contribution in [2.24, 2.45) is 0 Å². The highest BCUT2D eigenvalue weighted by atomic mass is 32.2. The van der Waals surface area contributed by atoms with Crippen molar-refractivity contribution in [3.63, 3.8) is 0 Å². The molecule has 1 atom stereocenters. The summed E-state index contributed by atoms with van der Waals surface area (Å²) in [7, 11) is 0. The van der Waals surface area contributed by atoms with Crippen molar-refractivity contribution in [2.45, 2.75) is 37.6 Å². The molecule has 1 aromatic rings. The fourth-order valence-electron chi connectivity index (χ4n) is 1.73. The van der Waals surface area contributed by atoms with E-state index >= 15 is 0 Å².